The van der Waals surface area contributed by atoms with Crippen molar-refractivity contribution < 1.29 is 28.3 Å². The minimum Gasteiger partial charge on any atom is -0.453 e. The summed E-state index contributed by atoms with van der Waals surface area (Å²) in [7, 11) is 0. The highest BCUT2D eigenvalue weighted by Gasteiger charge is 2.77. The highest BCUT2D eigenvalue weighted by atomic mass is 19.1. The first-order chi connectivity index (χ1) is 15.3. The smallest absolute Gasteiger partial charge is 0.307 e. The van der Waals surface area contributed by atoms with Gasteiger partial charge in [0.2, 0.25) is 5.91 Å². The van der Waals surface area contributed by atoms with Crippen molar-refractivity contribution in [2.75, 3.05) is 4.90 Å². The molecule has 3 saturated heterocycles. The van der Waals surface area contributed by atoms with E-state index >= 15 is 0 Å². The zero-order valence-corrected chi connectivity index (χ0v) is 18.1. The molecule has 1 spiro atoms. The molecule has 1 aliphatic carbocycles. The molecule has 3 heterocycles. The standard InChI is InChI=1S/C24H27FN2O5/c1-14(28)12-19-24-18(13-20(29)32-24)22(30)27(17-10-8-15(25)9-11-17)21(24)23(31)26(19)16-6-4-2-3-5-7-16/h8-11,16,18-19,21H,2-7,12-13H2,1H3. The molecule has 8 heteroatoms. The number of ketones is 1. The SMILES string of the molecule is CC(=O)CC1N(C2CCCCCC2)C(=O)C2N(c3ccc(F)cc3)C(=O)C3CC(=O)OC321. The van der Waals surface area contributed by atoms with Crippen molar-refractivity contribution in [3.63, 3.8) is 0 Å². The number of carbonyl (C=O) groups is 4. The molecule has 4 aliphatic rings. The summed E-state index contributed by atoms with van der Waals surface area (Å²) < 4.78 is 19.4. The minimum absolute atomic E-state index is 0.0348. The summed E-state index contributed by atoms with van der Waals surface area (Å²) in [6, 6.07) is 3.64. The Balaban J connectivity index is 1.64. The Labute approximate surface area is 185 Å². The fourth-order valence-corrected chi connectivity index (χ4v) is 6.34. The number of ether oxygens (including phenoxy) is 1. The summed E-state index contributed by atoms with van der Waals surface area (Å²) in [5.41, 5.74) is -0.999. The summed E-state index contributed by atoms with van der Waals surface area (Å²) in [5, 5.41) is 0. The molecule has 2 amide bonds. The minimum atomic E-state index is -1.39. The Hall–Kier alpha value is -2.77. The van der Waals surface area contributed by atoms with Crippen LogP contribution in [0.4, 0.5) is 10.1 Å². The first-order valence-corrected chi connectivity index (χ1v) is 11.5. The van der Waals surface area contributed by atoms with Crippen LogP contribution in [0.2, 0.25) is 0 Å². The van der Waals surface area contributed by atoms with E-state index in [1.54, 1.807) is 4.90 Å². The highest BCUT2D eigenvalue weighted by molar-refractivity contribution is 6.11. The second-order valence-electron chi connectivity index (χ2n) is 9.48. The van der Waals surface area contributed by atoms with Gasteiger partial charge in [0.05, 0.1) is 18.4 Å². The second-order valence-corrected chi connectivity index (χ2v) is 9.48. The molecule has 0 bridgehead atoms. The lowest BCUT2D eigenvalue weighted by molar-refractivity contribution is -0.153. The van der Waals surface area contributed by atoms with Crippen molar-refractivity contribution in [1.29, 1.82) is 0 Å². The van der Waals surface area contributed by atoms with E-state index in [-0.39, 0.29) is 36.5 Å². The molecule has 1 aromatic carbocycles. The number of carbonyl (C=O) groups excluding carboxylic acids is 4. The van der Waals surface area contributed by atoms with Crippen LogP contribution in [-0.4, -0.2) is 52.2 Å². The normalized spacial score (nSPS) is 32.7. The number of anilines is 1. The number of esters is 1. The average molecular weight is 442 g/mol. The van der Waals surface area contributed by atoms with Crippen LogP contribution >= 0.6 is 0 Å². The van der Waals surface area contributed by atoms with E-state index in [4.69, 9.17) is 4.74 Å². The van der Waals surface area contributed by atoms with Gasteiger partial charge in [-0.15, -0.1) is 0 Å². The van der Waals surface area contributed by atoms with Crippen LogP contribution in [-0.2, 0) is 23.9 Å². The van der Waals surface area contributed by atoms with Gasteiger partial charge in [-0.05, 0) is 44.0 Å². The molecular formula is C24H27FN2O5. The summed E-state index contributed by atoms with van der Waals surface area (Å²) in [6.45, 7) is 1.46. The van der Waals surface area contributed by atoms with Crippen LogP contribution in [0, 0.1) is 11.7 Å². The van der Waals surface area contributed by atoms with Crippen molar-refractivity contribution in [2.45, 2.75) is 82.0 Å². The van der Waals surface area contributed by atoms with Crippen LogP contribution in [0.15, 0.2) is 24.3 Å². The molecule has 1 aromatic rings. The third kappa shape index (κ3) is 2.98. The molecule has 5 rings (SSSR count). The molecule has 170 valence electrons. The topological polar surface area (TPSA) is 84.0 Å². The van der Waals surface area contributed by atoms with E-state index in [2.05, 4.69) is 0 Å². The Morgan fingerprint density at radius 1 is 1.06 bits per heavy atom. The number of Topliss-reactive ketones (excluding diaryl/α,β-unsaturated/α-hetero) is 1. The number of amides is 2. The van der Waals surface area contributed by atoms with Gasteiger partial charge in [0.25, 0.3) is 5.91 Å². The number of likely N-dealkylation sites (tertiary alicyclic amines) is 1. The lowest BCUT2D eigenvalue weighted by atomic mass is 9.79. The van der Waals surface area contributed by atoms with Crippen LogP contribution in [0.1, 0.15) is 58.3 Å². The molecular weight excluding hydrogens is 415 g/mol. The lowest BCUT2D eigenvalue weighted by Crippen LogP contribution is -2.54. The molecule has 32 heavy (non-hydrogen) atoms. The van der Waals surface area contributed by atoms with Crippen LogP contribution < -0.4 is 4.90 Å². The average Bonchev–Trinajstić information content (AvgIpc) is 3.15. The monoisotopic (exact) mass is 442 g/mol. The summed E-state index contributed by atoms with van der Waals surface area (Å²) in [5.74, 6) is -2.59. The fourth-order valence-electron chi connectivity index (χ4n) is 6.34. The van der Waals surface area contributed by atoms with E-state index in [0.29, 0.717) is 5.69 Å². The zero-order chi connectivity index (χ0) is 22.6. The summed E-state index contributed by atoms with van der Waals surface area (Å²) in [6.07, 6.45) is 5.74. The molecule has 4 unspecified atom stereocenters. The third-order valence-electron chi connectivity index (χ3n) is 7.58. The number of rotatable bonds is 4. The van der Waals surface area contributed by atoms with Crippen molar-refractivity contribution >= 4 is 29.3 Å². The Kier molecular flexibility index (Phi) is 5.06. The largest absolute Gasteiger partial charge is 0.453 e. The van der Waals surface area contributed by atoms with E-state index < -0.39 is 35.4 Å². The van der Waals surface area contributed by atoms with Crippen molar-refractivity contribution in [2.24, 2.45) is 5.92 Å². The molecule has 3 aliphatic heterocycles. The zero-order valence-electron chi connectivity index (χ0n) is 18.1. The van der Waals surface area contributed by atoms with Gasteiger partial charge in [-0.1, -0.05) is 25.7 Å². The Morgan fingerprint density at radius 3 is 2.34 bits per heavy atom. The van der Waals surface area contributed by atoms with E-state index in [0.717, 1.165) is 38.5 Å². The van der Waals surface area contributed by atoms with Gasteiger partial charge in [-0.2, -0.15) is 0 Å². The molecule has 0 N–H and O–H groups in total. The molecule has 4 fully saturated rings. The van der Waals surface area contributed by atoms with Crippen LogP contribution in [0.3, 0.4) is 0 Å². The van der Waals surface area contributed by atoms with Gasteiger partial charge >= 0.3 is 5.97 Å². The molecule has 7 nitrogen and oxygen atoms in total. The number of halogens is 1. The van der Waals surface area contributed by atoms with E-state index in [1.165, 1.54) is 36.1 Å². The molecule has 0 aromatic heterocycles. The van der Waals surface area contributed by atoms with Crippen LogP contribution in [0.25, 0.3) is 0 Å². The maximum absolute atomic E-state index is 14.0. The number of benzene rings is 1. The summed E-state index contributed by atoms with van der Waals surface area (Å²) >= 11 is 0. The van der Waals surface area contributed by atoms with Gasteiger partial charge in [0, 0.05) is 18.2 Å². The first kappa shape index (κ1) is 21.1. The predicted molar refractivity (Wildman–Crippen MR) is 112 cm³/mol. The Morgan fingerprint density at radius 2 is 1.72 bits per heavy atom. The van der Waals surface area contributed by atoms with Gasteiger partial charge in [-0.3, -0.25) is 24.1 Å². The van der Waals surface area contributed by atoms with Gasteiger partial charge in [0.15, 0.2) is 11.6 Å². The third-order valence-corrected chi connectivity index (χ3v) is 7.58. The second kappa shape index (κ2) is 7.67. The van der Waals surface area contributed by atoms with Crippen molar-refractivity contribution in [3.05, 3.63) is 30.1 Å². The van der Waals surface area contributed by atoms with E-state index in [1.807, 2.05) is 0 Å². The van der Waals surface area contributed by atoms with E-state index in [9.17, 15) is 23.6 Å². The lowest BCUT2D eigenvalue weighted by Gasteiger charge is -2.38. The van der Waals surface area contributed by atoms with Crippen molar-refractivity contribution in [3.8, 4) is 0 Å². The Bertz CT molecular complexity index is 971. The van der Waals surface area contributed by atoms with Crippen molar-refractivity contribution in [1.82, 2.24) is 4.90 Å². The molecule has 0 radical (unpaired) electrons. The number of hydrogen-bond acceptors (Lipinski definition) is 5. The fraction of sp³-hybridized carbons (Fsp3) is 0.583. The first-order valence-electron chi connectivity index (χ1n) is 11.5. The van der Waals surface area contributed by atoms with Gasteiger partial charge in [0.1, 0.15) is 11.6 Å². The highest BCUT2D eigenvalue weighted by Crippen LogP contribution is 2.55. The molecule has 4 atom stereocenters. The van der Waals surface area contributed by atoms with Gasteiger partial charge in [-0.25, -0.2) is 4.39 Å². The van der Waals surface area contributed by atoms with Crippen LogP contribution in [0.5, 0.6) is 0 Å². The maximum Gasteiger partial charge on any atom is 0.307 e. The van der Waals surface area contributed by atoms with Gasteiger partial charge < -0.3 is 9.64 Å². The quantitative estimate of drug-likeness (QED) is 0.529. The predicted octanol–water partition coefficient (Wildman–Crippen LogP) is 2.76. The molecule has 1 saturated carbocycles. The maximum atomic E-state index is 14.0. The summed E-state index contributed by atoms with van der Waals surface area (Å²) in [4.78, 5) is 55.4. The number of nitrogens with zero attached hydrogens (tertiary/aromatic N) is 2. The number of hydrogen-bond donors (Lipinski definition) is 0.